The zero-order chi connectivity index (χ0) is 14.0. The first-order chi connectivity index (χ1) is 8.99. The van der Waals surface area contributed by atoms with Crippen molar-refractivity contribution in [2.45, 2.75) is 38.3 Å². The van der Waals surface area contributed by atoms with Crippen molar-refractivity contribution in [1.82, 2.24) is 10.2 Å². The third kappa shape index (κ3) is 3.37. The lowest BCUT2D eigenvalue weighted by Crippen LogP contribution is -2.35. The van der Waals surface area contributed by atoms with Gasteiger partial charge in [-0.1, -0.05) is 28.1 Å². The van der Waals surface area contributed by atoms with E-state index in [0.717, 1.165) is 12.8 Å². The Hall–Kier alpha value is -0.870. The molecule has 19 heavy (non-hydrogen) atoms. The van der Waals surface area contributed by atoms with Crippen LogP contribution in [-0.2, 0) is 11.2 Å². The number of hydrogen-bond donors (Lipinski definition) is 1. The zero-order valence-corrected chi connectivity index (χ0v) is 13.3. The van der Waals surface area contributed by atoms with Crippen LogP contribution in [-0.4, -0.2) is 30.9 Å². The van der Waals surface area contributed by atoms with E-state index in [1.165, 1.54) is 15.6 Å². The Bertz CT molecular complexity index is 473. The molecule has 0 aromatic heterocycles. The van der Waals surface area contributed by atoms with E-state index in [4.69, 9.17) is 0 Å². The highest BCUT2D eigenvalue weighted by molar-refractivity contribution is 9.10. The predicted molar refractivity (Wildman–Crippen MR) is 81.1 cm³/mol. The van der Waals surface area contributed by atoms with E-state index in [1.54, 1.807) is 19.0 Å². The third-order valence-corrected chi connectivity index (χ3v) is 4.42. The summed E-state index contributed by atoms with van der Waals surface area (Å²) in [7, 11) is 3.61. The maximum absolute atomic E-state index is 11.7. The van der Waals surface area contributed by atoms with Crippen molar-refractivity contribution in [3.05, 3.63) is 33.8 Å². The standard InChI is InChI=1S/C15H21BrN2O/c1-10(9-15(19)18(2)3)17-14-8-7-11-12(14)5-4-6-13(11)16/h4-6,10,14,17H,7-9H2,1-3H3/t10-,14+/m1/s1. The minimum atomic E-state index is 0.174. The van der Waals surface area contributed by atoms with Crippen LogP contribution in [0.25, 0.3) is 0 Å². The van der Waals surface area contributed by atoms with Crippen molar-refractivity contribution in [1.29, 1.82) is 0 Å². The van der Waals surface area contributed by atoms with Crippen molar-refractivity contribution >= 4 is 21.8 Å². The first-order valence-electron chi connectivity index (χ1n) is 6.72. The largest absolute Gasteiger partial charge is 0.349 e. The molecule has 104 valence electrons. The van der Waals surface area contributed by atoms with E-state index in [1.807, 2.05) is 0 Å². The number of nitrogens with zero attached hydrogens (tertiary/aromatic N) is 1. The lowest BCUT2D eigenvalue weighted by molar-refractivity contribution is -0.129. The van der Waals surface area contributed by atoms with Crippen LogP contribution < -0.4 is 5.32 Å². The molecule has 0 spiro atoms. The fourth-order valence-corrected chi connectivity index (χ4v) is 3.21. The molecular formula is C15H21BrN2O. The van der Waals surface area contributed by atoms with Crippen LogP contribution in [0.2, 0.25) is 0 Å². The number of rotatable bonds is 4. The summed E-state index contributed by atoms with van der Waals surface area (Å²) >= 11 is 3.61. The lowest BCUT2D eigenvalue weighted by atomic mass is 10.1. The van der Waals surface area contributed by atoms with Crippen molar-refractivity contribution in [3.63, 3.8) is 0 Å². The molecule has 0 bridgehead atoms. The highest BCUT2D eigenvalue weighted by atomic mass is 79.9. The first-order valence-corrected chi connectivity index (χ1v) is 7.52. The van der Waals surface area contributed by atoms with E-state index in [-0.39, 0.29) is 11.9 Å². The van der Waals surface area contributed by atoms with Crippen LogP contribution in [0.1, 0.15) is 36.9 Å². The second-order valence-electron chi connectivity index (χ2n) is 5.46. The fourth-order valence-electron chi connectivity index (χ4n) is 2.63. The molecular weight excluding hydrogens is 304 g/mol. The maximum Gasteiger partial charge on any atom is 0.223 e. The zero-order valence-electron chi connectivity index (χ0n) is 11.7. The summed E-state index contributed by atoms with van der Waals surface area (Å²) in [5, 5.41) is 3.58. The van der Waals surface area contributed by atoms with E-state index in [2.05, 4.69) is 46.4 Å². The van der Waals surface area contributed by atoms with Crippen molar-refractivity contribution in [2.24, 2.45) is 0 Å². The molecule has 1 aliphatic rings. The van der Waals surface area contributed by atoms with Crippen LogP contribution in [0.5, 0.6) is 0 Å². The number of nitrogens with one attached hydrogen (secondary N) is 1. The molecule has 2 rings (SSSR count). The summed E-state index contributed by atoms with van der Waals surface area (Å²) < 4.78 is 1.20. The second kappa shape index (κ2) is 6.06. The summed E-state index contributed by atoms with van der Waals surface area (Å²) in [5.41, 5.74) is 2.78. The van der Waals surface area contributed by atoms with Gasteiger partial charge in [-0.25, -0.2) is 0 Å². The molecule has 0 saturated carbocycles. The maximum atomic E-state index is 11.7. The molecule has 4 heteroatoms. The normalized spacial score (nSPS) is 19.1. The minimum absolute atomic E-state index is 0.174. The van der Waals surface area contributed by atoms with Crippen molar-refractivity contribution in [2.75, 3.05) is 14.1 Å². The molecule has 3 nitrogen and oxygen atoms in total. The molecule has 0 fully saturated rings. The van der Waals surface area contributed by atoms with E-state index < -0.39 is 0 Å². The molecule has 1 amide bonds. The summed E-state index contributed by atoms with van der Waals surface area (Å²) in [6.07, 6.45) is 2.76. The molecule has 1 aliphatic carbocycles. The summed E-state index contributed by atoms with van der Waals surface area (Å²) in [5.74, 6) is 0.174. The van der Waals surface area contributed by atoms with Gasteiger partial charge >= 0.3 is 0 Å². The number of amides is 1. The van der Waals surface area contributed by atoms with Crippen molar-refractivity contribution < 1.29 is 4.79 Å². The molecule has 1 aromatic rings. The van der Waals surface area contributed by atoms with Gasteiger partial charge in [0.25, 0.3) is 0 Å². The van der Waals surface area contributed by atoms with E-state index >= 15 is 0 Å². The van der Waals surface area contributed by atoms with Gasteiger partial charge < -0.3 is 10.2 Å². The number of carbonyl (C=O) groups excluding carboxylic acids is 1. The summed E-state index contributed by atoms with van der Waals surface area (Å²) in [6, 6.07) is 6.94. The molecule has 1 N–H and O–H groups in total. The van der Waals surface area contributed by atoms with E-state index in [0.29, 0.717) is 12.5 Å². The Morgan fingerprint density at radius 3 is 2.95 bits per heavy atom. The minimum Gasteiger partial charge on any atom is -0.349 e. The van der Waals surface area contributed by atoms with Crippen LogP contribution in [0, 0.1) is 0 Å². The van der Waals surface area contributed by atoms with Gasteiger partial charge in [0.2, 0.25) is 5.91 Å². The molecule has 0 radical (unpaired) electrons. The summed E-state index contributed by atoms with van der Waals surface area (Å²) in [6.45, 7) is 2.08. The Kier molecular flexibility index (Phi) is 4.63. The van der Waals surface area contributed by atoms with Crippen LogP contribution in [0.4, 0.5) is 0 Å². The average molecular weight is 325 g/mol. The number of fused-ring (bicyclic) bond motifs is 1. The Balaban J connectivity index is 1.99. The van der Waals surface area contributed by atoms with Gasteiger partial charge in [-0.15, -0.1) is 0 Å². The van der Waals surface area contributed by atoms with Crippen LogP contribution >= 0.6 is 15.9 Å². The third-order valence-electron chi connectivity index (χ3n) is 3.68. The molecule has 0 saturated heterocycles. The topological polar surface area (TPSA) is 32.3 Å². The highest BCUT2D eigenvalue weighted by Gasteiger charge is 2.25. The Morgan fingerprint density at radius 1 is 1.53 bits per heavy atom. The molecule has 0 unspecified atom stereocenters. The molecule has 0 heterocycles. The average Bonchev–Trinajstić information content (AvgIpc) is 2.73. The monoisotopic (exact) mass is 324 g/mol. The van der Waals surface area contributed by atoms with Crippen molar-refractivity contribution in [3.8, 4) is 0 Å². The molecule has 1 aromatic carbocycles. The van der Waals surface area contributed by atoms with Crippen LogP contribution in [0.3, 0.4) is 0 Å². The van der Waals surface area contributed by atoms with Gasteiger partial charge in [-0.2, -0.15) is 0 Å². The van der Waals surface area contributed by atoms with Gasteiger partial charge in [0.05, 0.1) is 0 Å². The van der Waals surface area contributed by atoms with E-state index in [9.17, 15) is 4.79 Å². The quantitative estimate of drug-likeness (QED) is 0.923. The number of halogens is 1. The number of carbonyl (C=O) groups is 1. The van der Waals surface area contributed by atoms with Gasteiger partial charge in [0.1, 0.15) is 0 Å². The Labute approximate surface area is 123 Å². The highest BCUT2D eigenvalue weighted by Crippen LogP contribution is 2.35. The fraction of sp³-hybridized carbons (Fsp3) is 0.533. The van der Waals surface area contributed by atoms with Gasteiger partial charge in [-0.3, -0.25) is 4.79 Å². The smallest absolute Gasteiger partial charge is 0.223 e. The predicted octanol–water partition coefficient (Wildman–Crippen LogP) is 2.89. The van der Waals surface area contributed by atoms with Gasteiger partial charge in [-0.05, 0) is 37.0 Å². The lowest BCUT2D eigenvalue weighted by Gasteiger charge is -2.21. The van der Waals surface area contributed by atoms with Gasteiger partial charge in [0, 0.05) is 37.1 Å². The van der Waals surface area contributed by atoms with Crippen LogP contribution in [0.15, 0.2) is 22.7 Å². The summed E-state index contributed by atoms with van der Waals surface area (Å²) in [4.78, 5) is 13.4. The molecule has 0 aliphatic heterocycles. The SMILES string of the molecule is C[C@H](CC(=O)N(C)C)N[C@H]1CCc2c(Br)cccc21. The molecule has 2 atom stereocenters. The first kappa shape index (κ1) is 14.5. The van der Waals surface area contributed by atoms with Gasteiger partial charge in [0.15, 0.2) is 0 Å². The number of benzene rings is 1. The second-order valence-corrected chi connectivity index (χ2v) is 6.31. The number of hydrogen-bond acceptors (Lipinski definition) is 2. The Morgan fingerprint density at radius 2 is 2.26 bits per heavy atom.